The fourth-order valence-corrected chi connectivity index (χ4v) is 9.93. The molecule has 6 heterocycles. The summed E-state index contributed by atoms with van der Waals surface area (Å²) in [6, 6.07) is 21.2. The number of nitrogens with one attached hydrogen (secondary N) is 2. The van der Waals surface area contributed by atoms with Gasteiger partial charge in [-0.25, -0.2) is 4.98 Å². The molecule has 20 heteroatoms. The standard InChI is InChI=1S/C50H47ClF3N9O7/c51-33-8-14-39-40(25-33)56-49(55-39)63-48(69)37(44(58-63)31-4-6-32(7-5-31)50(52,53)54)12-3-29-1-10-35(11-2-29)70-28-43(65)61-19-17-30(18-20-61)27-59-21-23-60(24-22-59)34-9-13-36-38(26-34)47(68)62(46(36)67)41-15-16-42(64)57-45(41)66/h1-2,4-11,13-14,25-26,30,41,69H,3,12,15-24,27-28H2,(H,55,56)(H,57,64,66). The maximum atomic E-state index is 13.4. The number of imide groups is 2. The van der Waals surface area contributed by atoms with Crippen molar-refractivity contribution in [2.24, 2.45) is 5.92 Å². The number of rotatable bonds is 12. The van der Waals surface area contributed by atoms with E-state index in [1.165, 1.54) is 16.8 Å². The van der Waals surface area contributed by atoms with Gasteiger partial charge in [0.2, 0.25) is 23.6 Å². The average Bonchev–Trinajstić information content (AvgIpc) is 4.00. The van der Waals surface area contributed by atoms with E-state index >= 15 is 0 Å². The van der Waals surface area contributed by atoms with Gasteiger partial charge in [0.1, 0.15) is 17.5 Å². The zero-order valence-corrected chi connectivity index (χ0v) is 38.4. The molecule has 3 fully saturated rings. The molecular formula is C50H47ClF3N9O7. The predicted molar refractivity (Wildman–Crippen MR) is 251 cm³/mol. The highest BCUT2D eigenvalue weighted by Gasteiger charge is 2.45. The number of aromatic hydroxyl groups is 1. The van der Waals surface area contributed by atoms with Crippen LogP contribution < -0.4 is 15.0 Å². The van der Waals surface area contributed by atoms with Crippen molar-refractivity contribution in [1.82, 2.24) is 39.8 Å². The van der Waals surface area contributed by atoms with Crippen LogP contribution in [-0.4, -0.2) is 128 Å². The molecule has 3 saturated heterocycles. The number of hydrogen-bond donors (Lipinski definition) is 3. The number of nitrogens with zero attached hydrogens (tertiary/aromatic N) is 7. The van der Waals surface area contributed by atoms with Crippen molar-refractivity contribution in [1.29, 1.82) is 0 Å². The number of likely N-dealkylation sites (tertiary alicyclic amines) is 1. The predicted octanol–water partition coefficient (Wildman–Crippen LogP) is 6.42. The van der Waals surface area contributed by atoms with Crippen molar-refractivity contribution in [3.63, 3.8) is 0 Å². The third-order valence-electron chi connectivity index (χ3n) is 13.7. The maximum Gasteiger partial charge on any atom is 0.416 e. The van der Waals surface area contributed by atoms with Crippen LogP contribution in [0.25, 0.3) is 28.2 Å². The van der Waals surface area contributed by atoms with E-state index in [0.29, 0.717) is 64.1 Å². The molecule has 4 aliphatic rings. The minimum Gasteiger partial charge on any atom is -0.493 e. The smallest absolute Gasteiger partial charge is 0.416 e. The van der Waals surface area contributed by atoms with Gasteiger partial charge in [-0.05, 0) is 104 Å². The Balaban J connectivity index is 0.690. The number of aryl methyl sites for hydroxylation is 1. The van der Waals surface area contributed by atoms with Crippen molar-refractivity contribution in [2.45, 2.75) is 50.7 Å². The second kappa shape index (κ2) is 18.9. The molecule has 16 nitrogen and oxygen atoms in total. The van der Waals surface area contributed by atoms with Crippen molar-refractivity contribution < 1.29 is 47.0 Å². The van der Waals surface area contributed by atoms with Gasteiger partial charge in [0, 0.05) is 74.1 Å². The summed E-state index contributed by atoms with van der Waals surface area (Å²) in [6.07, 6.45) is -1.87. The Kier molecular flexibility index (Phi) is 12.6. The fraction of sp³-hybridized carbons (Fsp3) is 0.340. The first kappa shape index (κ1) is 46.5. The van der Waals surface area contributed by atoms with Gasteiger partial charge >= 0.3 is 6.18 Å². The van der Waals surface area contributed by atoms with Crippen LogP contribution in [0.3, 0.4) is 0 Å². The molecule has 362 valence electrons. The van der Waals surface area contributed by atoms with Gasteiger partial charge < -0.3 is 24.6 Å². The Morgan fingerprint density at radius 3 is 2.27 bits per heavy atom. The minimum absolute atomic E-state index is 0.0638. The van der Waals surface area contributed by atoms with E-state index in [9.17, 15) is 42.3 Å². The first-order valence-corrected chi connectivity index (χ1v) is 23.5. The van der Waals surface area contributed by atoms with E-state index in [0.717, 1.165) is 73.8 Å². The Hall–Kier alpha value is -7.25. The number of aromatic nitrogens is 4. The monoisotopic (exact) mass is 977 g/mol. The number of H-pyrrole nitrogens is 1. The first-order chi connectivity index (χ1) is 33.7. The highest BCUT2D eigenvalue weighted by molar-refractivity contribution is 6.31. The number of alkyl halides is 3. The molecule has 3 N–H and O–H groups in total. The third kappa shape index (κ3) is 9.42. The van der Waals surface area contributed by atoms with Gasteiger partial charge in [0.05, 0.1) is 27.7 Å². The summed E-state index contributed by atoms with van der Waals surface area (Å²) in [5.74, 6) is -1.24. The van der Waals surface area contributed by atoms with Gasteiger partial charge in [-0.3, -0.25) is 39.1 Å². The molecule has 10 rings (SSSR count). The van der Waals surface area contributed by atoms with E-state index in [1.54, 1.807) is 42.5 Å². The molecule has 4 aromatic carbocycles. The SMILES string of the molecule is O=C1CCC(N2C(=O)c3ccc(N4CCN(CC5CCN(C(=O)COc6ccc(CCc7c(-c8ccc(C(F)(F)F)cc8)nn(-c8nc9cc(Cl)ccc9[nH]8)c7O)cc6)CC5)CC4)cc3C2=O)C(=O)N1. The second-order valence-electron chi connectivity index (χ2n) is 18.1. The van der Waals surface area contributed by atoms with Crippen molar-refractivity contribution in [3.05, 3.63) is 118 Å². The largest absolute Gasteiger partial charge is 0.493 e. The van der Waals surface area contributed by atoms with E-state index in [1.807, 2.05) is 23.1 Å². The zero-order chi connectivity index (χ0) is 48.8. The van der Waals surface area contributed by atoms with Crippen LogP contribution in [0.5, 0.6) is 11.6 Å². The summed E-state index contributed by atoms with van der Waals surface area (Å²) >= 11 is 6.15. The summed E-state index contributed by atoms with van der Waals surface area (Å²) in [5, 5.41) is 18.8. The maximum absolute atomic E-state index is 13.4. The number of imidazole rings is 1. The number of piperazine rings is 1. The molecule has 0 radical (unpaired) electrons. The van der Waals surface area contributed by atoms with Crippen LogP contribution in [0.4, 0.5) is 18.9 Å². The number of benzene rings is 4. The number of anilines is 1. The first-order valence-electron chi connectivity index (χ1n) is 23.1. The number of ether oxygens (including phenoxy) is 1. The summed E-state index contributed by atoms with van der Waals surface area (Å²) in [5.41, 5.74) is 3.77. The highest BCUT2D eigenvalue weighted by Crippen LogP contribution is 2.37. The van der Waals surface area contributed by atoms with Crippen LogP contribution in [0, 0.1) is 5.92 Å². The zero-order valence-electron chi connectivity index (χ0n) is 37.7. The van der Waals surface area contributed by atoms with Gasteiger partial charge in [0.25, 0.3) is 17.7 Å². The van der Waals surface area contributed by atoms with Crippen molar-refractivity contribution in [2.75, 3.05) is 57.3 Å². The topological polar surface area (TPSA) is 186 Å². The van der Waals surface area contributed by atoms with Crippen molar-refractivity contribution >= 4 is 57.9 Å². The van der Waals surface area contributed by atoms with Crippen LogP contribution in [0.15, 0.2) is 84.9 Å². The van der Waals surface area contributed by atoms with E-state index in [4.69, 9.17) is 16.3 Å². The summed E-state index contributed by atoms with van der Waals surface area (Å²) < 4.78 is 47.3. The van der Waals surface area contributed by atoms with Crippen molar-refractivity contribution in [3.8, 4) is 28.8 Å². The summed E-state index contributed by atoms with van der Waals surface area (Å²) in [4.78, 5) is 78.9. The Labute approximate surface area is 403 Å². The quantitative estimate of drug-likeness (QED) is 0.115. The van der Waals surface area contributed by atoms with E-state index < -0.39 is 41.4 Å². The van der Waals surface area contributed by atoms with E-state index in [-0.39, 0.29) is 54.7 Å². The third-order valence-corrected chi connectivity index (χ3v) is 13.9. The van der Waals surface area contributed by atoms with Crippen LogP contribution in [0.1, 0.15) is 63.1 Å². The van der Waals surface area contributed by atoms with Gasteiger partial charge in [-0.1, -0.05) is 35.9 Å². The van der Waals surface area contributed by atoms with Crippen LogP contribution >= 0.6 is 11.6 Å². The molecular weight excluding hydrogens is 931 g/mol. The lowest BCUT2D eigenvalue weighted by Gasteiger charge is -2.39. The number of piperidine rings is 2. The summed E-state index contributed by atoms with van der Waals surface area (Å²) in [6.45, 7) is 5.16. The molecule has 0 saturated carbocycles. The van der Waals surface area contributed by atoms with Gasteiger partial charge in [-0.15, -0.1) is 0 Å². The number of carbonyl (C=O) groups is 5. The average molecular weight is 978 g/mol. The lowest BCUT2D eigenvalue weighted by atomic mass is 9.96. The van der Waals surface area contributed by atoms with Crippen LogP contribution in [-0.2, 0) is 33.4 Å². The number of amides is 5. The molecule has 4 aliphatic heterocycles. The minimum atomic E-state index is -4.51. The summed E-state index contributed by atoms with van der Waals surface area (Å²) in [7, 11) is 0. The Morgan fingerprint density at radius 2 is 1.56 bits per heavy atom. The molecule has 70 heavy (non-hydrogen) atoms. The molecule has 6 aromatic rings. The molecule has 2 aromatic heterocycles. The molecule has 0 bridgehead atoms. The normalized spacial score (nSPS) is 18.2. The molecule has 0 aliphatic carbocycles. The number of fused-ring (bicyclic) bond motifs is 2. The molecule has 1 atom stereocenters. The Morgan fingerprint density at radius 1 is 0.829 bits per heavy atom. The van der Waals surface area contributed by atoms with Gasteiger partial charge in [0.15, 0.2) is 6.61 Å². The van der Waals surface area contributed by atoms with E-state index in [2.05, 4.69) is 30.2 Å². The number of halogens is 4. The van der Waals surface area contributed by atoms with Gasteiger partial charge in [-0.2, -0.15) is 23.0 Å². The lowest BCUT2D eigenvalue weighted by molar-refractivity contribution is -0.138. The second-order valence-corrected chi connectivity index (χ2v) is 18.5. The molecule has 0 spiro atoms. The molecule has 1 unspecified atom stereocenters. The lowest BCUT2D eigenvalue weighted by Crippen LogP contribution is -2.54. The highest BCUT2D eigenvalue weighted by atomic mass is 35.5. The number of carbonyl (C=O) groups excluding carboxylic acids is 5. The van der Waals surface area contributed by atoms with Crippen LogP contribution in [0.2, 0.25) is 5.02 Å². The number of aromatic amines is 1. The fourth-order valence-electron chi connectivity index (χ4n) is 9.77. The Bertz CT molecular complexity index is 3010. The molecule has 5 amide bonds. The number of hydrogen-bond acceptors (Lipinski definition) is 11.